The number of benzene rings is 3. The minimum absolute atomic E-state index is 0.165. The van der Waals surface area contributed by atoms with Gasteiger partial charge < -0.3 is 14.8 Å². The van der Waals surface area contributed by atoms with Crippen molar-refractivity contribution < 1.29 is 8.42 Å². The van der Waals surface area contributed by atoms with Crippen molar-refractivity contribution in [1.82, 2.24) is 28.5 Å². The van der Waals surface area contributed by atoms with Gasteiger partial charge in [0.05, 0.1) is 28.7 Å². The Morgan fingerprint density at radius 3 is 2.34 bits per heavy atom. The summed E-state index contributed by atoms with van der Waals surface area (Å²) in [6, 6.07) is 22.4. The van der Waals surface area contributed by atoms with Gasteiger partial charge in [0.2, 0.25) is 10.0 Å². The first-order valence-electron chi connectivity index (χ1n) is 13.4. The van der Waals surface area contributed by atoms with Crippen molar-refractivity contribution in [1.29, 1.82) is 0 Å². The summed E-state index contributed by atoms with van der Waals surface area (Å²) in [5.74, 6) is 0.165. The average molecular weight is 570 g/mol. The largest absolute Gasteiger partial charge is 0.336 e. The first kappa shape index (κ1) is 26.9. The first-order valence-corrected chi connectivity index (χ1v) is 14.9. The lowest BCUT2D eigenvalue weighted by atomic mass is 10.1. The van der Waals surface area contributed by atoms with Gasteiger partial charge in [-0.15, -0.1) is 0 Å². The molecule has 1 fully saturated rings. The zero-order valence-electron chi connectivity index (χ0n) is 22.9. The Kier molecular flexibility index (Phi) is 7.16. The Morgan fingerprint density at radius 1 is 0.878 bits per heavy atom. The van der Waals surface area contributed by atoms with E-state index in [1.807, 2.05) is 60.5 Å². The van der Waals surface area contributed by atoms with Gasteiger partial charge in [-0.2, -0.15) is 9.40 Å². The number of anilines is 2. The van der Waals surface area contributed by atoms with Crippen LogP contribution in [0.2, 0.25) is 0 Å². The molecular weight excluding hydrogens is 538 g/mol. The normalized spacial score (nSPS) is 14.9. The van der Waals surface area contributed by atoms with Crippen LogP contribution in [0.5, 0.6) is 0 Å². The monoisotopic (exact) mass is 569 g/mol. The van der Waals surface area contributed by atoms with Crippen molar-refractivity contribution in [3.8, 4) is 11.1 Å². The minimum Gasteiger partial charge on any atom is -0.336 e. The fraction of sp³-hybridized carbons (Fsp3) is 0.233. The van der Waals surface area contributed by atoms with E-state index in [1.165, 1.54) is 9.87 Å². The van der Waals surface area contributed by atoms with Gasteiger partial charge >= 0.3 is 0 Å². The van der Waals surface area contributed by atoms with Crippen LogP contribution in [-0.2, 0) is 23.6 Å². The van der Waals surface area contributed by atoms with Gasteiger partial charge in [-0.25, -0.2) is 13.4 Å². The standard InChI is InChI=1S/C30H31N7O3S/c1-34-14-16-37(17-15-34)41(39,40)26-11-9-25(10-12-26)32-29-30(38)35(2)28-18-23(8-13-27(28)33-29)24-19-31-36(21-24)20-22-6-4-3-5-7-22/h3-13,18-19,21H,14-17,20H2,1-2H3,(H,32,33). The third-order valence-electron chi connectivity index (χ3n) is 7.45. The quantitative estimate of drug-likeness (QED) is 0.320. The van der Waals surface area contributed by atoms with Crippen molar-refractivity contribution in [3.05, 3.63) is 101 Å². The number of hydrogen-bond acceptors (Lipinski definition) is 7. The zero-order chi connectivity index (χ0) is 28.6. The second-order valence-electron chi connectivity index (χ2n) is 10.3. The number of nitrogens with zero attached hydrogens (tertiary/aromatic N) is 6. The fourth-order valence-electron chi connectivity index (χ4n) is 4.98. The summed E-state index contributed by atoms with van der Waals surface area (Å²) >= 11 is 0. The highest BCUT2D eigenvalue weighted by Crippen LogP contribution is 2.25. The topological polar surface area (TPSA) is 105 Å². The van der Waals surface area contributed by atoms with E-state index >= 15 is 0 Å². The molecule has 0 aliphatic carbocycles. The summed E-state index contributed by atoms with van der Waals surface area (Å²) in [7, 11) is 0.128. The molecule has 0 spiro atoms. The van der Waals surface area contributed by atoms with Gasteiger partial charge in [0.1, 0.15) is 0 Å². The molecule has 3 heterocycles. The van der Waals surface area contributed by atoms with E-state index in [9.17, 15) is 13.2 Å². The van der Waals surface area contributed by atoms with Crippen LogP contribution < -0.4 is 10.9 Å². The number of aryl methyl sites for hydroxylation is 1. The van der Waals surface area contributed by atoms with Crippen LogP contribution >= 0.6 is 0 Å². The maximum Gasteiger partial charge on any atom is 0.293 e. The van der Waals surface area contributed by atoms with Crippen LogP contribution in [0.1, 0.15) is 5.56 Å². The summed E-state index contributed by atoms with van der Waals surface area (Å²) < 4.78 is 31.0. The number of fused-ring (bicyclic) bond motifs is 1. The van der Waals surface area contributed by atoms with Crippen LogP contribution in [0.3, 0.4) is 0 Å². The first-order chi connectivity index (χ1) is 19.8. The van der Waals surface area contributed by atoms with Gasteiger partial charge in [0, 0.05) is 50.7 Å². The highest BCUT2D eigenvalue weighted by Gasteiger charge is 2.27. The molecule has 210 valence electrons. The highest BCUT2D eigenvalue weighted by atomic mass is 32.2. The second-order valence-corrected chi connectivity index (χ2v) is 12.2. The van der Waals surface area contributed by atoms with E-state index in [1.54, 1.807) is 35.9 Å². The van der Waals surface area contributed by atoms with Gasteiger partial charge in [-0.3, -0.25) is 9.48 Å². The Bertz CT molecular complexity index is 1860. The van der Waals surface area contributed by atoms with Gasteiger partial charge in [-0.1, -0.05) is 36.4 Å². The summed E-state index contributed by atoms with van der Waals surface area (Å²) in [6.07, 6.45) is 3.81. The van der Waals surface area contributed by atoms with E-state index in [0.717, 1.165) is 11.1 Å². The smallest absolute Gasteiger partial charge is 0.293 e. The van der Waals surface area contributed by atoms with Crippen molar-refractivity contribution >= 4 is 32.6 Å². The molecule has 0 bridgehead atoms. The number of aromatic nitrogens is 4. The third-order valence-corrected chi connectivity index (χ3v) is 9.36. The van der Waals surface area contributed by atoms with Crippen LogP contribution in [0.4, 0.5) is 11.5 Å². The molecule has 0 unspecified atom stereocenters. The van der Waals surface area contributed by atoms with Crippen molar-refractivity contribution in [2.45, 2.75) is 11.4 Å². The molecule has 0 saturated carbocycles. The molecule has 6 rings (SSSR count). The molecule has 2 aromatic heterocycles. The van der Waals surface area contributed by atoms with Gasteiger partial charge in [-0.05, 0) is 54.6 Å². The molecule has 11 heteroatoms. The molecule has 1 saturated heterocycles. The molecule has 1 N–H and O–H groups in total. The minimum atomic E-state index is -3.57. The SMILES string of the molecule is CN1CCN(S(=O)(=O)c2ccc(Nc3nc4ccc(-c5cnn(Cc6ccccc6)c5)cc4n(C)c3=O)cc2)CC1. The van der Waals surface area contributed by atoms with Crippen molar-refractivity contribution in [2.24, 2.45) is 7.05 Å². The van der Waals surface area contributed by atoms with Gasteiger partial charge in [0.25, 0.3) is 5.56 Å². The van der Waals surface area contributed by atoms with E-state index < -0.39 is 10.0 Å². The Morgan fingerprint density at radius 2 is 1.61 bits per heavy atom. The van der Waals surface area contributed by atoms with E-state index in [4.69, 9.17) is 0 Å². The molecule has 0 radical (unpaired) electrons. The molecule has 3 aromatic carbocycles. The summed E-state index contributed by atoms with van der Waals surface area (Å²) in [5, 5.41) is 7.57. The summed E-state index contributed by atoms with van der Waals surface area (Å²) in [6.45, 7) is 3.01. The number of piperazine rings is 1. The molecule has 1 aliphatic heterocycles. The predicted molar refractivity (Wildman–Crippen MR) is 160 cm³/mol. The van der Waals surface area contributed by atoms with Crippen molar-refractivity contribution in [2.75, 3.05) is 38.5 Å². The molecule has 5 aromatic rings. The number of nitrogens with one attached hydrogen (secondary N) is 1. The summed E-state index contributed by atoms with van der Waals surface area (Å²) in [5.41, 5.74) is 4.69. The number of hydrogen-bond donors (Lipinski definition) is 1. The van der Waals surface area contributed by atoms with E-state index in [-0.39, 0.29) is 16.3 Å². The van der Waals surface area contributed by atoms with Crippen LogP contribution in [-0.4, -0.2) is 70.2 Å². The molecule has 0 amide bonds. The molecular formula is C30H31N7O3S. The van der Waals surface area contributed by atoms with Crippen molar-refractivity contribution in [3.63, 3.8) is 0 Å². The Balaban J connectivity index is 1.21. The van der Waals surface area contributed by atoms with E-state index in [2.05, 4.69) is 32.4 Å². The fourth-order valence-corrected chi connectivity index (χ4v) is 6.40. The molecule has 41 heavy (non-hydrogen) atoms. The van der Waals surface area contributed by atoms with Gasteiger partial charge in [0.15, 0.2) is 5.82 Å². The maximum atomic E-state index is 13.2. The lowest BCUT2D eigenvalue weighted by Gasteiger charge is -2.31. The highest BCUT2D eigenvalue weighted by molar-refractivity contribution is 7.89. The average Bonchev–Trinajstić information content (AvgIpc) is 3.45. The molecule has 1 aliphatic rings. The van der Waals surface area contributed by atoms with Crippen LogP contribution in [0.25, 0.3) is 22.2 Å². The number of likely N-dealkylation sites (N-methyl/N-ethyl adjacent to an activating group) is 1. The second kappa shape index (κ2) is 10.9. The zero-order valence-corrected chi connectivity index (χ0v) is 23.8. The lowest BCUT2D eigenvalue weighted by molar-refractivity contribution is 0.222. The lowest BCUT2D eigenvalue weighted by Crippen LogP contribution is -2.46. The summed E-state index contributed by atoms with van der Waals surface area (Å²) in [4.78, 5) is 20.1. The number of sulfonamides is 1. The Hall–Kier alpha value is -4.32. The molecule has 10 nitrogen and oxygen atoms in total. The van der Waals surface area contributed by atoms with Crippen LogP contribution in [0.15, 0.2) is 94.9 Å². The van der Waals surface area contributed by atoms with Crippen LogP contribution in [0, 0.1) is 0 Å². The Labute approximate surface area is 238 Å². The maximum absolute atomic E-state index is 13.2. The molecule has 0 atom stereocenters. The van der Waals surface area contributed by atoms with E-state index in [0.29, 0.717) is 49.4 Å². The predicted octanol–water partition coefficient (Wildman–Crippen LogP) is 3.53. The third kappa shape index (κ3) is 5.51. The number of rotatable bonds is 7.